The molecule has 0 bridgehead atoms. The number of aromatic nitrogens is 2. The molecule has 1 fully saturated rings. The highest BCUT2D eigenvalue weighted by atomic mass is 16.5. The van der Waals surface area contributed by atoms with Crippen molar-refractivity contribution in [1.82, 2.24) is 10.1 Å². The first-order valence-electron chi connectivity index (χ1n) is 8.58. The van der Waals surface area contributed by atoms with Gasteiger partial charge >= 0.3 is 6.01 Å². The summed E-state index contributed by atoms with van der Waals surface area (Å²) in [5, 5.41) is 4.03. The number of hydrogen-bond acceptors (Lipinski definition) is 7. The Morgan fingerprint density at radius 1 is 1.12 bits per heavy atom. The van der Waals surface area contributed by atoms with Crippen molar-refractivity contribution in [2.45, 2.75) is 38.7 Å². The van der Waals surface area contributed by atoms with Gasteiger partial charge in [0.25, 0.3) is 0 Å². The van der Waals surface area contributed by atoms with E-state index in [2.05, 4.69) is 28.9 Å². The minimum atomic E-state index is 0.0916. The van der Waals surface area contributed by atoms with Crippen LogP contribution in [0.15, 0.2) is 22.7 Å². The van der Waals surface area contributed by atoms with Crippen molar-refractivity contribution in [2.75, 3.05) is 32.2 Å². The Morgan fingerprint density at radius 3 is 2.28 bits per heavy atom. The second-order valence-electron chi connectivity index (χ2n) is 6.39. The van der Waals surface area contributed by atoms with Gasteiger partial charge in [-0.1, -0.05) is 25.1 Å². The van der Waals surface area contributed by atoms with Crippen LogP contribution in [0.4, 0.5) is 6.01 Å². The average Bonchev–Trinajstić information content (AvgIpc) is 3.13. The first-order chi connectivity index (χ1) is 12.1. The van der Waals surface area contributed by atoms with E-state index in [1.165, 1.54) is 0 Å². The molecule has 0 spiro atoms. The molecule has 0 amide bonds. The number of benzene rings is 1. The van der Waals surface area contributed by atoms with Crippen molar-refractivity contribution >= 4 is 6.01 Å². The van der Waals surface area contributed by atoms with Crippen molar-refractivity contribution in [3.63, 3.8) is 0 Å². The fourth-order valence-corrected chi connectivity index (χ4v) is 2.85. The molecule has 0 aliphatic carbocycles. The minimum absolute atomic E-state index is 0.0916. The van der Waals surface area contributed by atoms with Crippen molar-refractivity contribution in [1.29, 1.82) is 0 Å². The van der Waals surface area contributed by atoms with E-state index < -0.39 is 0 Å². The predicted octanol–water partition coefficient (Wildman–Crippen LogP) is 3.26. The normalized spacial score (nSPS) is 15.5. The molecule has 1 aliphatic rings. The summed E-state index contributed by atoms with van der Waals surface area (Å²) < 4.78 is 22.4. The second kappa shape index (κ2) is 7.63. The Bertz CT molecular complexity index is 671. The zero-order chi connectivity index (χ0) is 17.8. The van der Waals surface area contributed by atoms with Crippen LogP contribution in [0.2, 0.25) is 0 Å². The Hall–Kier alpha value is -2.44. The first-order valence-corrected chi connectivity index (χ1v) is 8.58. The van der Waals surface area contributed by atoms with Crippen LogP contribution >= 0.6 is 0 Å². The lowest BCUT2D eigenvalue weighted by Gasteiger charge is -2.31. The van der Waals surface area contributed by atoms with Crippen LogP contribution in [-0.4, -0.2) is 43.6 Å². The van der Waals surface area contributed by atoms with Gasteiger partial charge in [0.05, 0.1) is 14.2 Å². The van der Waals surface area contributed by atoms with Gasteiger partial charge in [-0.15, -0.1) is 0 Å². The van der Waals surface area contributed by atoms with Gasteiger partial charge < -0.3 is 23.6 Å². The molecule has 1 aromatic heterocycles. The number of para-hydroxylation sites is 1. The monoisotopic (exact) mass is 347 g/mol. The fraction of sp³-hybridized carbons (Fsp3) is 0.556. The summed E-state index contributed by atoms with van der Waals surface area (Å²) in [6.45, 7) is 5.72. The van der Waals surface area contributed by atoms with Crippen molar-refractivity contribution < 1.29 is 18.7 Å². The van der Waals surface area contributed by atoms with Crippen LogP contribution in [0.3, 0.4) is 0 Å². The van der Waals surface area contributed by atoms with Crippen molar-refractivity contribution in [3.8, 4) is 17.2 Å². The molecule has 0 radical (unpaired) electrons. The van der Waals surface area contributed by atoms with E-state index in [0.29, 0.717) is 23.3 Å². The Balaban J connectivity index is 1.63. The lowest BCUT2D eigenvalue weighted by atomic mass is 10.1. The SMILES string of the molecule is COc1cccc(OC)c1OC1CCN(c2nc(C(C)C)no2)CC1. The standard InChI is InChI=1S/C18H25N3O4/c1-12(2)17-19-18(25-20-17)21-10-8-13(9-11-21)24-16-14(22-3)6-5-7-15(16)23-4/h5-7,12-13H,8-11H2,1-4H3. The van der Waals surface area contributed by atoms with E-state index in [1.54, 1.807) is 14.2 Å². The highest BCUT2D eigenvalue weighted by Gasteiger charge is 2.26. The molecular formula is C18H25N3O4. The van der Waals surface area contributed by atoms with Crippen LogP contribution in [0.5, 0.6) is 17.2 Å². The summed E-state index contributed by atoms with van der Waals surface area (Å²) in [4.78, 5) is 6.57. The first kappa shape index (κ1) is 17.4. The van der Waals surface area contributed by atoms with Crippen molar-refractivity contribution in [2.24, 2.45) is 0 Å². The number of methoxy groups -OCH3 is 2. The highest BCUT2D eigenvalue weighted by molar-refractivity contribution is 5.51. The molecule has 7 heteroatoms. The minimum Gasteiger partial charge on any atom is -0.493 e. The van der Waals surface area contributed by atoms with E-state index >= 15 is 0 Å². The maximum atomic E-state index is 6.18. The number of anilines is 1. The molecule has 1 aromatic carbocycles. The largest absolute Gasteiger partial charge is 0.493 e. The number of ether oxygens (including phenoxy) is 3. The molecule has 136 valence electrons. The Morgan fingerprint density at radius 2 is 1.76 bits per heavy atom. The molecule has 1 saturated heterocycles. The van der Waals surface area contributed by atoms with Crippen LogP contribution in [-0.2, 0) is 0 Å². The summed E-state index contributed by atoms with van der Waals surface area (Å²) >= 11 is 0. The van der Waals surface area contributed by atoms with Crippen LogP contribution in [0.1, 0.15) is 38.4 Å². The summed E-state index contributed by atoms with van der Waals surface area (Å²) in [7, 11) is 3.26. The number of rotatable bonds is 6. The third kappa shape index (κ3) is 3.81. The molecule has 0 unspecified atom stereocenters. The zero-order valence-corrected chi connectivity index (χ0v) is 15.2. The van der Waals surface area contributed by atoms with E-state index in [1.807, 2.05) is 18.2 Å². The van der Waals surface area contributed by atoms with Gasteiger partial charge in [0.2, 0.25) is 5.75 Å². The fourth-order valence-electron chi connectivity index (χ4n) is 2.85. The van der Waals surface area contributed by atoms with Gasteiger partial charge in [0, 0.05) is 31.8 Å². The summed E-state index contributed by atoms with van der Waals surface area (Å²) in [5.41, 5.74) is 0. The van der Waals surface area contributed by atoms with Crippen LogP contribution < -0.4 is 19.1 Å². The molecule has 2 aromatic rings. The van der Waals surface area contributed by atoms with Crippen molar-refractivity contribution in [3.05, 3.63) is 24.0 Å². The van der Waals surface area contributed by atoms with E-state index in [9.17, 15) is 0 Å². The molecule has 3 rings (SSSR count). The number of hydrogen-bond donors (Lipinski definition) is 0. The van der Waals surface area contributed by atoms with Gasteiger partial charge in [-0.2, -0.15) is 4.98 Å². The number of nitrogens with zero attached hydrogens (tertiary/aromatic N) is 3. The summed E-state index contributed by atoms with van der Waals surface area (Å²) in [5.74, 6) is 3.02. The molecule has 1 aliphatic heterocycles. The predicted molar refractivity (Wildman–Crippen MR) is 93.8 cm³/mol. The maximum absolute atomic E-state index is 6.18. The third-order valence-electron chi connectivity index (χ3n) is 4.33. The van der Waals surface area contributed by atoms with E-state index in [0.717, 1.165) is 31.8 Å². The summed E-state index contributed by atoms with van der Waals surface area (Å²) in [6, 6.07) is 6.23. The zero-order valence-electron chi connectivity index (χ0n) is 15.2. The number of piperidine rings is 1. The van der Waals surface area contributed by atoms with Gasteiger partial charge in [0.15, 0.2) is 17.3 Å². The molecule has 0 atom stereocenters. The van der Waals surface area contributed by atoms with Crippen LogP contribution in [0.25, 0.3) is 0 Å². The van der Waals surface area contributed by atoms with E-state index in [4.69, 9.17) is 18.7 Å². The molecule has 7 nitrogen and oxygen atoms in total. The molecular weight excluding hydrogens is 322 g/mol. The highest BCUT2D eigenvalue weighted by Crippen LogP contribution is 2.38. The Kier molecular flexibility index (Phi) is 5.31. The van der Waals surface area contributed by atoms with Gasteiger partial charge in [0.1, 0.15) is 6.10 Å². The lowest BCUT2D eigenvalue weighted by Crippen LogP contribution is -2.38. The van der Waals surface area contributed by atoms with Crippen LogP contribution in [0, 0.1) is 0 Å². The quantitative estimate of drug-likeness (QED) is 0.794. The molecule has 0 N–H and O–H groups in total. The lowest BCUT2D eigenvalue weighted by molar-refractivity contribution is 0.156. The van der Waals surface area contributed by atoms with E-state index in [-0.39, 0.29) is 12.0 Å². The summed E-state index contributed by atoms with van der Waals surface area (Å²) in [6.07, 6.45) is 1.82. The molecule has 25 heavy (non-hydrogen) atoms. The maximum Gasteiger partial charge on any atom is 0.324 e. The smallest absolute Gasteiger partial charge is 0.324 e. The second-order valence-corrected chi connectivity index (χ2v) is 6.39. The van der Waals surface area contributed by atoms with Gasteiger partial charge in [-0.05, 0) is 12.1 Å². The van der Waals surface area contributed by atoms with Gasteiger partial charge in [-0.3, -0.25) is 0 Å². The topological polar surface area (TPSA) is 69.8 Å². The molecule has 2 heterocycles. The average molecular weight is 347 g/mol. The Labute approximate surface area is 147 Å². The third-order valence-corrected chi connectivity index (χ3v) is 4.33. The van der Waals surface area contributed by atoms with Gasteiger partial charge in [-0.25, -0.2) is 0 Å². The molecule has 0 saturated carbocycles.